The number of thioether (sulfide) groups is 1. The fourth-order valence-corrected chi connectivity index (χ4v) is 4.05. The Morgan fingerprint density at radius 1 is 0.933 bits per heavy atom. The van der Waals surface area contributed by atoms with Gasteiger partial charge in [0.2, 0.25) is 5.69 Å². The van der Waals surface area contributed by atoms with Gasteiger partial charge in [-0.2, -0.15) is 4.74 Å². The molecule has 1 heterocycles. The van der Waals surface area contributed by atoms with E-state index in [9.17, 15) is 14.8 Å². The van der Waals surface area contributed by atoms with Gasteiger partial charge in [-0.3, -0.25) is 14.5 Å². The molecule has 1 amide bonds. The highest BCUT2D eigenvalue weighted by molar-refractivity contribution is 8.19. The number of anilines is 1. The van der Waals surface area contributed by atoms with E-state index in [0.717, 1.165) is 11.8 Å². The third kappa shape index (κ3) is 4.01. The van der Waals surface area contributed by atoms with Gasteiger partial charge in [0.25, 0.3) is 0 Å². The SMILES string of the molecule is O=C(/C=C1\S/C(=[N+](/[O-])c2ccccc2)C(=O)N1c1ccccc1)c1ccc(Cl)cc1. The van der Waals surface area contributed by atoms with Crippen LogP contribution in [0.4, 0.5) is 11.4 Å². The number of allylic oxidation sites excluding steroid dienone is 1. The minimum absolute atomic E-state index is 0.0276. The topological polar surface area (TPSA) is 63.5 Å². The van der Waals surface area contributed by atoms with Crippen LogP contribution in [-0.4, -0.2) is 21.5 Å². The van der Waals surface area contributed by atoms with Crippen LogP contribution in [-0.2, 0) is 4.79 Å². The van der Waals surface area contributed by atoms with Gasteiger partial charge < -0.3 is 5.21 Å². The molecule has 0 unspecified atom stereocenters. The summed E-state index contributed by atoms with van der Waals surface area (Å²) in [6, 6.07) is 23.9. The quantitative estimate of drug-likeness (QED) is 0.182. The molecule has 30 heavy (non-hydrogen) atoms. The Morgan fingerprint density at radius 3 is 2.17 bits per heavy atom. The van der Waals surface area contributed by atoms with Crippen molar-refractivity contribution in [2.75, 3.05) is 4.90 Å². The van der Waals surface area contributed by atoms with Gasteiger partial charge in [-0.1, -0.05) is 48.0 Å². The zero-order valence-electron chi connectivity index (χ0n) is 15.6. The Kier molecular flexibility index (Phi) is 5.70. The van der Waals surface area contributed by atoms with E-state index in [1.807, 2.05) is 6.07 Å². The highest BCUT2D eigenvalue weighted by Gasteiger charge is 2.41. The Balaban J connectivity index is 1.78. The molecule has 3 aromatic rings. The standard InChI is InChI=1S/C23H15ClN2O3S/c24-17-13-11-16(12-14-17)20(27)15-21-25(18-7-3-1-4-8-18)22(28)23(30-21)26(29)19-9-5-2-6-10-19/h1-15H/b21-15-,26-23+. The van der Waals surface area contributed by atoms with Gasteiger partial charge in [-0.25, -0.2) is 0 Å². The molecule has 1 saturated heterocycles. The number of para-hydroxylation sites is 2. The maximum absolute atomic E-state index is 13.2. The van der Waals surface area contributed by atoms with E-state index < -0.39 is 5.91 Å². The van der Waals surface area contributed by atoms with Crippen LogP contribution in [0.1, 0.15) is 10.4 Å². The monoisotopic (exact) mass is 434 g/mol. The zero-order chi connectivity index (χ0) is 21.1. The van der Waals surface area contributed by atoms with Crippen molar-refractivity contribution >= 4 is 51.5 Å². The lowest BCUT2D eigenvalue weighted by Gasteiger charge is -2.15. The molecule has 0 atom stereocenters. The lowest BCUT2D eigenvalue weighted by molar-refractivity contribution is -0.356. The van der Waals surface area contributed by atoms with E-state index in [-0.39, 0.29) is 10.8 Å². The van der Waals surface area contributed by atoms with Crippen molar-refractivity contribution in [2.45, 2.75) is 0 Å². The second-order valence-electron chi connectivity index (χ2n) is 6.37. The van der Waals surface area contributed by atoms with E-state index in [1.54, 1.807) is 78.9 Å². The molecule has 1 aliphatic rings. The fourth-order valence-electron chi connectivity index (χ4n) is 2.92. The molecule has 0 radical (unpaired) electrons. The van der Waals surface area contributed by atoms with Crippen molar-refractivity contribution in [3.63, 3.8) is 0 Å². The molecule has 5 nitrogen and oxygen atoms in total. The number of amides is 1. The van der Waals surface area contributed by atoms with Crippen molar-refractivity contribution in [1.29, 1.82) is 0 Å². The first kappa shape index (κ1) is 19.9. The molecule has 0 N–H and O–H groups in total. The molecule has 0 bridgehead atoms. The normalized spacial score (nSPS) is 16.8. The Morgan fingerprint density at radius 2 is 1.53 bits per heavy atom. The molecule has 3 aromatic carbocycles. The Labute approximate surface area is 182 Å². The van der Waals surface area contributed by atoms with E-state index in [1.165, 1.54) is 11.0 Å². The molecule has 1 fully saturated rings. The molecule has 0 spiro atoms. The van der Waals surface area contributed by atoms with Gasteiger partial charge >= 0.3 is 11.0 Å². The summed E-state index contributed by atoms with van der Waals surface area (Å²) in [6.45, 7) is 0. The van der Waals surface area contributed by atoms with Gasteiger partial charge in [0.05, 0.1) is 10.7 Å². The molecule has 0 saturated carbocycles. The second-order valence-corrected chi connectivity index (χ2v) is 7.81. The van der Waals surface area contributed by atoms with Crippen molar-refractivity contribution in [3.05, 3.63) is 112 Å². The summed E-state index contributed by atoms with van der Waals surface area (Å²) in [7, 11) is 0. The van der Waals surface area contributed by atoms with Gasteiger partial charge in [0.15, 0.2) is 5.78 Å². The number of hydrogen-bond acceptors (Lipinski definition) is 4. The number of ketones is 1. The maximum Gasteiger partial charge on any atom is 0.337 e. The van der Waals surface area contributed by atoms with Gasteiger partial charge in [0.1, 0.15) is 0 Å². The molecule has 4 rings (SSSR count). The van der Waals surface area contributed by atoms with E-state index >= 15 is 0 Å². The van der Waals surface area contributed by atoms with Gasteiger partial charge in [0, 0.05) is 40.6 Å². The number of nitrogens with zero attached hydrogens (tertiary/aromatic N) is 2. The van der Waals surface area contributed by atoms with Crippen LogP contribution in [0.3, 0.4) is 0 Å². The van der Waals surface area contributed by atoms with E-state index in [2.05, 4.69) is 0 Å². The summed E-state index contributed by atoms with van der Waals surface area (Å²) < 4.78 is 0.594. The number of benzene rings is 3. The molecule has 7 heteroatoms. The van der Waals surface area contributed by atoms with Crippen LogP contribution in [0.15, 0.2) is 96.0 Å². The highest BCUT2D eigenvalue weighted by Crippen LogP contribution is 2.37. The van der Waals surface area contributed by atoms with Crippen molar-refractivity contribution in [3.8, 4) is 0 Å². The van der Waals surface area contributed by atoms with E-state index in [4.69, 9.17) is 11.6 Å². The summed E-state index contributed by atoms with van der Waals surface area (Å²) in [5.41, 5.74) is 1.34. The first-order valence-electron chi connectivity index (χ1n) is 9.03. The van der Waals surface area contributed by atoms with Crippen molar-refractivity contribution < 1.29 is 14.3 Å². The summed E-state index contributed by atoms with van der Waals surface area (Å²) >= 11 is 6.87. The Hall–Kier alpha value is -3.35. The number of hydrogen-bond donors (Lipinski definition) is 0. The largest absolute Gasteiger partial charge is 0.617 e. The maximum atomic E-state index is 13.2. The van der Waals surface area contributed by atoms with Crippen LogP contribution in [0.5, 0.6) is 0 Å². The summed E-state index contributed by atoms with van der Waals surface area (Å²) in [6.07, 6.45) is 1.37. The predicted octanol–water partition coefficient (Wildman–Crippen LogP) is 5.38. The zero-order valence-corrected chi connectivity index (χ0v) is 17.1. The number of halogens is 1. The second kappa shape index (κ2) is 8.57. The molecule has 0 aliphatic carbocycles. The number of carbonyl (C=O) groups is 2. The fraction of sp³-hybridized carbons (Fsp3) is 0. The van der Waals surface area contributed by atoms with Crippen LogP contribution < -0.4 is 4.90 Å². The highest BCUT2D eigenvalue weighted by atomic mass is 35.5. The smallest absolute Gasteiger partial charge is 0.337 e. The third-order valence-electron chi connectivity index (χ3n) is 4.38. The van der Waals surface area contributed by atoms with Gasteiger partial charge in [-0.05, 0) is 36.4 Å². The van der Waals surface area contributed by atoms with Crippen molar-refractivity contribution in [1.82, 2.24) is 0 Å². The molecule has 1 aliphatic heterocycles. The third-order valence-corrected chi connectivity index (χ3v) is 5.68. The predicted molar refractivity (Wildman–Crippen MR) is 120 cm³/mol. The molecule has 0 aromatic heterocycles. The number of carbonyl (C=O) groups excluding carboxylic acids is 2. The molecular formula is C23H15ClN2O3S. The number of rotatable bonds is 4. The summed E-state index contributed by atoms with van der Waals surface area (Å²) in [5.74, 6) is -0.776. The first-order valence-corrected chi connectivity index (χ1v) is 10.2. The molecular weight excluding hydrogens is 420 g/mol. The minimum atomic E-state index is -0.486. The van der Waals surface area contributed by atoms with Crippen LogP contribution >= 0.6 is 23.4 Å². The minimum Gasteiger partial charge on any atom is -0.617 e. The lowest BCUT2D eigenvalue weighted by Crippen LogP contribution is -2.29. The lowest BCUT2D eigenvalue weighted by atomic mass is 10.1. The summed E-state index contributed by atoms with van der Waals surface area (Å²) in [5, 5.41) is 13.7. The van der Waals surface area contributed by atoms with Gasteiger partial charge in [-0.15, -0.1) is 0 Å². The van der Waals surface area contributed by atoms with E-state index in [0.29, 0.717) is 31.7 Å². The van der Waals surface area contributed by atoms with Crippen LogP contribution in [0, 0.1) is 5.21 Å². The Bertz CT molecular complexity index is 1160. The van der Waals surface area contributed by atoms with Crippen LogP contribution in [0.25, 0.3) is 0 Å². The summed E-state index contributed by atoms with van der Waals surface area (Å²) in [4.78, 5) is 27.3. The van der Waals surface area contributed by atoms with Crippen molar-refractivity contribution in [2.24, 2.45) is 0 Å². The van der Waals surface area contributed by atoms with Crippen LogP contribution in [0.2, 0.25) is 5.02 Å². The average molecular weight is 435 g/mol. The molecule has 148 valence electrons. The first-order chi connectivity index (χ1) is 14.5. The average Bonchev–Trinajstić information content (AvgIpc) is 3.10.